The van der Waals surface area contributed by atoms with Gasteiger partial charge < -0.3 is 15.0 Å². The van der Waals surface area contributed by atoms with Crippen molar-refractivity contribution in [2.45, 2.75) is 39.3 Å². The van der Waals surface area contributed by atoms with Gasteiger partial charge in [0.2, 0.25) is 5.91 Å². The smallest absolute Gasteiger partial charge is 0.224 e. The molecule has 1 unspecified atom stereocenters. The van der Waals surface area contributed by atoms with Crippen LogP contribution in [0.15, 0.2) is 0 Å². The molecule has 16 heavy (non-hydrogen) atoms. The number of amides is 1. The Morgan fingerprint density at radius 2 is 2.25 bits per heavy atom. The minimum absolute atomic E-state index is 0. The number of hydrogen-bond donors (Lipinski definition) is 1. The van der Waals surface area contributed by atoms with Gasteiger partial charge >= 0.3 is 0 Å². The van der Waals surface area contributed by atoms with Gasteiger partial charge in [-0.25, -0.2) is 0 Å². The predicted octanol–water partition coefficient (Wildman–Crippen LogP) is 1.04. The average Bonchev–Trinajstić information content (AvgIpc) is 2.17. The molecule has 0 aromatic carbocycles. The number of piperazine rings is 1. The van der Waals surface area contributed by atoms with Crippen LogP contribution < -0.4 is 5.32 Å². The summed E-state index contributed by atoms with van der Waals surface area (Å²) >= 11 is 0. The van der Waals surface area contributed by atoms with Crippen molar-refractivity contribution in [2.75, 3.05) is 26.2 Å². The third-order valence-corrected chi connectivity index (χ3v) is 2.49. The van der Waals surface area contributed by atoms with E-state index < -0.39 is 0 Å². The van der Waals surface area contributed by atoms with E-state index in [9.17, 15) is 4.79 Å². The van der Waals surface area contributed by atoms with E-state index in [1.165, 1.54) is 0 Å². The summed E-state index contributed by atoms with van der Waals surface area (Å²) in [5.74, 6) is 0.212. The number of carbonyl (C=O) groups excluding carboxylic acids is 1. The molecular weight excluding hydrogens is 228 g/mol. The SMILES string of the molecule is CC1CN(C(=O)CCOC(C)C)CCN1.Cl. The molecule has 96 valence electrons. The molecule has 0 radical (unpaired) electrons. The van der Waals surface area contributed by atoms with Gasteiger partial charge in [0, 0.05) is 25.7 Å². The first-order chi connectivity index (χ1) is 7.09. The zero-order valence-electron chi connectivity index (χ0n) is 10.4. The number of ether oxygens (including phenoxy) is 1. The standard InChI is InChI=1S/C11H22N2O2.ClH/c1-9(2)15-7-4-11(14)13-6-5-12-10(3)8-13;/h9-10,12H,4-8H2,1-3H3;1H. The largest absolute Gasteiger partial charge is 0.378 e. The highest BCUT2D eigenvalue weighted by molar-refractivity contribution is 5.85. The lowest BCUT2D eigenvalue weighted by Crippen LogP contribution is -2.51. The van der Waals surface area contributed by atoms with Crippen molar-refractivity contribution < 1.29 is 9.53 Å². The van der Waals surface area contributed by atoms with Gasteiger partial charge in [0.25, 0.3) is 0 Å². The van der Waals surface area contributed by atoms with Gasteiger partial charge in [-0.3, -0.25) is 4.79 Å². The number of nitrogens with one attached hydrogen (secondary N) is 1. The average molecular weight is 251 g/mol. The Bertz CT molecular complexity index is 212. The molecule has 1 heterocycles. The fourth-order valence-corrected chi connectivity index (χ4v) is 1.70. The number of rotatable bonds is 4. The van der Waals surface area contributed by atoms with Crippen molar-refractivity contribution in [1.82, 2.24) is 10.2 Å². The summed E-state index contributed by atoms with van der Waals surface area (Å²) in [4.78, 5) is 13.7. The van der Waals surface area contributed by atoms with E-state index >= 15 is 0 Å². The monoisotopic (exact) mass is 250 g/mol. The molecule has 5 heteroatoms. The maximum absolute atomic E-state index is 11.7. The first-order valence-corrected chi connectivity index (χ1v) is 5.72. The minimum Gasteiger partial charge on any atom is -0.378 e. The van der Waals surface area contributed by atoms with Gasteiger partial charge in [0.15, 0.2) is 0 Å². The third kappa shape index (κ3) is 5.68. The van der Waals surface area contributed by atoms with Crippen molar-refractivity contribution >= 4 is 18.3 Å². The number of nitrogens with zero attached hydrogens (tertiary/aromatic N) is 1. The second-order valence-electron chi connectivity index (χ2n) is 4.36. The van der Waals surface area contributed by atoms with Crippen LogP contribution in [0.4, 0.5) is 0 Å². The predicted molar refractivity (Wildman–Crippen MR) is 67.0 cm³/mol. The van der Waals surface area contributed by atoms with Crippen LogP contribution in [0.2, 0.25) is 0 Å². The molecule has 1 amide bonds. The fraction of sp³-hybridized carbons (Fsp3) is 0.909. The van der Waals surface area contributed by atoms with Crippen LogP contribution in [-0.4, -0.2) is 49.2 Å². The molecule has 0 aromatic rings. The summed E-state index contributed by atoms with van der Waals surface area (Å²) in [5.41, 5.74) is 0. The number of carbonyl (C=O) groups is 1. The zero-order valence-corrected chi connectivity index (χ0v) is 11.2. The zero-order chi connectivity index (χ0) is 11.3. The van der Waals surface area contributed by atoms with E-state index in [0.717, 1.165) is 19.6 Å². The second kappa shape index (κ2) is 7.87. The Morgan fingerprint density at radius 3 is 2.81 bits per heavy atom. The molecule has 1 N–H and O–H groups in total. The maximum atomic E-state index is 11.7. The first-order valence-electron chi connectivity index (χ1n) is 5.72. The third-order valence-electron chi connectivity index (χ3n) is 2.49. The molecule has 0 saturated carbocycles. The summed E-state index contributed by atoms with van der Waals surface area (Å²) in [7, 11) is 0. The highest BCUT2D eigenvalue weighted by Gasteiger charge is 2.19. The van der Waals surface area contributed by atoms with Crippen molar-refractivity contribution in [1.29, 1.82) is 0 Å². The molecule has 1 rings (SSSR count). The summed E-state index contributed by atoms with van der Waals surface area (Å²) in [6.07, 6.45) is 0.713. The molecule has 0 bridgehead atoms. The fourth-order valence-electron chi connectivity index (χ4n) is 1.70. The van der Waals surface area contributed by atoms with Gasteiger partial charge in [-0.05, 0) is 20.8 Å². The Morgan fingerprint density at radius 1 is 1.56 bits per heavy atom. The summed E-state index contributed by atoms with van der Waals surface area (Å²) in [6.45, 7) is 9.15. The molecule has 1 saturated heterocycles. The van der Waals surface area contributed by atoms with Crippen LogP contribution in [0.3, 0.4) is 0 Å². The van der Waals surface area contributed by atoms with Crippen molar-refractivity contribution in [3.63, 3.8) is 0 Å². The summed E-state index contributed by atoms with van der Waals surface area (Å²) in [6, 6.07) is 0.411. The molecule has 0 aromatic heterocycles. The number of hydrogen-bond acceptors (Lipinski definition) is 3. The van der Waals surface area contributed by atoms with Crippen LogP contribution in [0, 0.1) is 0 Å². The quantitative estimate of drug-likeness (QED) is 0.811. The molecule has 0 spiro atoms. The highest BCUT2D eigenvalue weighted by Crippen LogP contribution is 2.02. The molecule has 1 fully saturated rings. The normalized spacial score (nSPS) is 20.8. The van der Waals surface area contributed by atoms with Gasteiger partial charge in [-0.1, -0.05) is 0 Å². The van der Waals surface area contributed by atoms with Crippen LogP contribution in [-0.2, 0) is 9.53 Å². The molecule has 0 aliphatic carbocycles. The van der Waals surface area contributed by atoms with Crippen LogP contribution >= 0.6 is 12.4 Å². The Balaban J connectivity index is 0.00000225. The van der Waals surface area contributed by atoms with Gasteiger partial charge in [-0.15, -0.1) is 12.4 Å². The highest BCUT2D eigenvalue weighted by atomic mass is 35.5. The number of halogens is 1. The van der Waals surface area contributed by atoms with E-state index in [-0.39, 0.29) is 24.4 Å². The summed E-state index contributed by atoms with van der Waals surface area (Å²) in [5, 5.41) is 3.32. The van der Waals surface area contributed by atoms with Crippen molar-refractivity contribution in [2.24, 2.45) is 0 Å². The Labute approximate surface area is 104 Å². The summed E-state index contributed by atoms with van der Waals surface area (Å²) < 4.78 is 5.37. The van der Waals surface area contributed by atoms with Crippen LogP contribution in [0.5, 0.6) is 0 Å². The Kier molecular flexibility index (Phi) is 7.72. The lowest BCUT2D eigenvalue weighted by molar-refractivity contribution is -0.133. The van der Waals surface area contributed by atoms with Gasteiger partial charge in [0.1, 0.15) is 0 Å². The molecule has 1 aliphatic heterocycles. The van der Waals surface area contributed by atoms with E-state index in [0.29, 0.717) is 19.1 Å². The first kappa shape index (κ1) is 15.7. The lowest BCUT2D eigenvalue weighted by atomic mass is 10.2. The second-order valence-corrected chi connectivity index (χ2v) is 4.36. The van der Waals surface area contributed by atoms with E-state index in [1.807, 2.05) is 18.7 Å². The molecular formula is C11H23ClN2O2. The lowest BCUT2D eigenvalue weighted by Gasteiger charge is -2.32. The van der Waals surface area contributed by atoms with E-state index in [1.54, 1.807) is 0 Å². The minimum atomic E-state index is 0. The topological polar surface area (TPSA) is 41.6 Å². The van der Waals surface area contributed by atoms with Gasteiger partial charge in [0.05, 0.1) is 19.1 Å². The maximum Gasteiger partial charge on any atom is 0.224 e. The molecule has 4 nitrogen and oxygen atoms in total. The Hall–Kier alpha value is -0.320. The van der Waals surface area contributed by atoms with Gasteiger partial charge in [-0.2, -0.15) is 0 Å². The van der Waals surface area contributed by atoms with Crippen LogP contribution in [0.1, 0.15) is 27.2 Å². The van der Waals surface area contributed by atoms with Crippen molar-refractivity contribution in [3.8, 4) is 0 Å². The van der Waals surface area contributed by atoms with E-state index in [2.05, 4.69) is 12.2 Å². The molecule has 1 aliphatic rings. The van der Waals surface area contributed by atoms with Crippen molar-refractivity contribution in [3.05, 3.63) is 0 Å². The van der Waals surface area contributed by atoms with E-state index in [4.69, 9.17) is 4.74 Å². The van der Waals surface area contributed by atoms with Crippen LogP contribution in [0.25, 0.3) is 0 Å². The molecule has 1 atom stereocenters.